The molecule has 1 aliphatic carbocycles. The number of halogens is 1. The van der Waals surface area contributed by atoms with Crippen LogP contribution < -0.4 is 4.90 Å². The highest BCUT2D eigenvalue weighted by Gasteiger charge is 2.24. The monoisotopic (exact) mass is 254 g/mol. The summed E-state index contributed by atoms with van der Waals surface area (Å²) >= 11 is 3.40. The normalized spacial score (nSPS) is 15.6. The lowest BCUT2D eigenvalue weighted by atomic mass is 10.3. The molecule has 0 aliphatic heterocycles. The van der Waals surface area contributed by atoms with Crippen LogP contribution in [0.3, 0.4) is 0 Å². The Bertz CT molecular complexity index is 293. The molecule has 0 amide bonds. The number of hydrogen-bond donors (Lipinski definition) is 0. The summed E-state index contributed by atoms with van der Waals surface area (Å²) in [4.78, 5) is 6.76. The molecule has 0 unspecified atom stereocenters. The van der Waals surface area contributed by atoms with Crippen LogP contribution in [0.1, 0.15) is 19.8 Å². The van der Waals surface area contributed by atoms with Crippen molar-refractivity contribution in [2.24, 2.45) is 5.92 Å². The van der Waals surface area contributed by atoms with E-state index >= 15 is 0 Å². The zero-order valence-electron chi connectivity index (χ0n) is 8.41. The molecule has 2 rings (SSSR count). The van der Waals surface area contributed by atoms with Gasteiger partial charge in [0.15, 0.2) is 0 Å². The molecule has 14 heavy (non-hydrogen) atoms. The maximum atomic E-state index is 4.41. The predicted molar refractivity (Wildman–Crippen MR) is 62.5 cm³/mol. The molecular weight excluding hydrogens is 240 g/mol. The van der Waals surface area contributed by atoms with E-state index in [9.17, 15) is 0 Å². The minimum Gasteiger partial charge on any atom is -0.357 e. The van der Waals surface area contributed by atoms with Gasteiger partial charge in [-0.2, -0.15) is 0 Å². The van der Waals surface area contributed by atoms with Crippen molar-refractivity contribution in [1.82, 2.24) is 4.98 Å². The van der Waals surface area contributed by atoms with Crippen LogP contribution in [0.4, 0.5) is 5.82 Å². The molecule has 1 aromatic rings. The molecule has 0 saturated heterocycles. The molecule has 0 N–H and O–H groups in total. The van der Waals surface area contributed by atoms with E-state index in [1.807, 2.05) is 6.20 Å². The predicted octanol–water partition coefficient (Wildman–Crippen LogP) is 3.08. The van der Waals surface area contributed by atoms with E-state index in [1.165, 1.54) is 19.4 Å². The van der Waals surface area contributed by atoms with Crippen LogP contribution in [-0.2, 0) is 0 Å². The highest BCUT2D eigenvalue weighted by atomic mass is 79.9. The Balaban J connectivity index is 2.05. The molecule has 1 aromatic heterocycles. The van der Waals surface area contributed by atoms with Crippen molar-refractivity contribution < 1.29 is 0 Å². The third-order valence-electron chi connectivity index (χ3n) is 2.59. The minimum atomic E-state index is 0.917. The van der Waals surface area contributed by atoms with Crippen LogP contribution >= 0.6 is 15.9 Å². The second kappa shape index (κ2) is 4.30. The van der Waals surface area contributed by atoms with Gasteiger partial charge < -0.3 is 4.90 Å². The summed E-state index contributed by atoms with van der Waals surface area (Å²) in [6.45, 7) is 4.41. The van der Waals surface area contributed by atoms with Crippen molar-refractivity contribution in [1.29, 1.82) is 0 Å². The second-order valence-corrected chi connectivity index (χ2v) is 4.73. The summed E-state index contributed by atoms with van der Waals surface area (Å²) in [7, 11) is 0. The van der Waals surface area contributed by atoms with Crippen LogP contribution in [-0.4, -0.2) is 18.1 Å². The van der Waals surface area contributed by atoms with Gasteiger partial charge in [-0.15, -0.1) is 0 Å². The van der Waals surface area contributed by atoms with Crippen LogP contribution in [0.15, 0.2) is 22.8 Å². The summed E-state index contributed by atoms with van der Waals surface area (Å²) in [5.74, 6) is 2.02. The van der Waals surface area contributed by atoms with Gasteiger partial charge >= 0.3 is 0 Å². The van der Waals surface area contributed by atoms with Crippen LogP contribution in [0, 0.1) is 5.92 Å². The maximum Gasteiger partial charge on any atom is 0.128 e. The summed E-state index contributed by atoms with van der Waals surface area (Å²) in [6.07, 6.45) is 4.66. The van der Waals surface area contributed by atoms with E-state index in [-0.39, 0.29) is 0 Å². The quantitative estimate of drug-likeness (QED) is 0.821. The Morgan fingerprint density at radius 3 is 2.79 bits per heavy atom. The molecule has 76 valence electrons. The summed E-state index contributed by atoms with van der Waals surface area (Å²) in [5, 5.41) is 0. The van der Waals surface area contributed by atoms with E-state index in [1.54, 1.807) is 0 Å². The largest absolute Gasteiger partial charge is 0.357 e. The van der Waals surface area contributed by atoms with Gasteiger partial charge in [-0.25, -0.2) is 4.98 Å². The number of pyridine rings is 1. The number of rotatable bonds is 4. The van der Waals surface area contributed by atoms with Gasteiger partial charge in [0.1, 0.15) is 5.82 Å². The first-order valence-electron chi connectivity index (χ1n) is 5.16. The molecule has 0 aromatic carbocycles. The Hall–Kier alpha value is -0.570. The number of aromatic nitrogens is 1. The number of anilines is 1. The van der Waals surface area contributed by atoms with Crippen molar-refractivity contribution in [2.45, 2.75) is 19.8 Å². The first-order chi connectivity index (χ1) is 6.79. The smallest absolute Gasteiger partial charge is 0.128 e. The van der Waals surface area contributed by atoms with Crippen molar-refractivity contribution in [3.05, 3.63) is 22.8 Å². The van der Waals surface area contributed by atoms with E-state index < -0.39 is 0 Å². The lowest BCUT2D eigenvalue weighted by Gasteiger charge is -2.21. The van der Waals surface area contributed by atoms with Crippen molar-refractivity contribution in [3.63, 3.8) is 0 Å². The van der Waals surface area contributed by atoms with E-state index in [0.29, 0.717) is 0 Å². The maximum absolute atomic E-state index is 4.41. The third kappa shape index (κ3) is 2.47. The average Bonchev–Trinajstić information content (AvgIpc) is 3.00. The van der Waals surface area contributed by atoms with Crippen LogP contribution in [0.2, 0.25) is 0 Å². The standard InChI is InChI=1S/C11H15BrN2/c1-2-14(8-9-3-4-9)11-6-5-10(12)7-13-11/h5-7,9H,2-4,8H2,1H3. The van der Waals surface area contributed by atoms with Gasteiger partial charge in [-0.3, -0.25) is 0 Å². The first kappa shape index (κ1) is 9.97. The molecule has 0 bridgehead atoms. The van der Waals surface area contributed by atoms with Gasteiger partial charge in [0.25, 0.3) is 0 Å². The summed E-state index contributed by atoms with van der Waals surface area (Å²) in [5.41, 5.74) is 0. The fraction of sp³-hybridized carbons (Fsp3) is 0.545. The zero-order valence-corrected chi connectivity index (χ0v) is 10.00. The molecule has 3 heteroatoms. The minimum absolute atomic E-state index is 0.917. The van der Waals surface area contributed by atoms with Gasteiger partial charge in [-0.1, -0.05) is 0 Å². The Morgan fingerprint density at radius 2 is 2.29 bits per heavy atom. The number of hydrogen-bond acceptors (Lipinski definition) is 2. The van der Waals surface area contributed by atoms with Gasteiger partial charge in [0, 0.05) is 23.8 Å². The molecule has 0 spiro atoms. The lowest BCUT2D eigenvalue weighted by Crippen LogP contribution is -2.25. The molecule has 0 atom stereocenters. The molecule has 2 nitrogen and oxygen atoms in total. The van der Waals surface area contributed by atoms with E-state index in [4.69, 9.17) is 0 Å². The first-order valence-corrected chi connectivity index (χ1v) is 5.95. The fourth-order valence-electron chi connectivity index (χ4n) is 1.55. The molecule has 1 aliphatic rings. The Morgan fingerprint density at radius 1 is 1.50 bits per heavy atom. The fourth-order valence-corrected chi connectivity index (χ4v) is 1.79. The molecule has 0 radical (unpaired) electrons. The van der Waals surface area contributed by atoms with Crippen molar-refractivity contribution >= 4 is 21.7 Å². The Kier molecular flexibility index (Phi) is 3.06. The van der Waals surface area contributed by atoms with Gasteiger partial charge in [-0.05, 0) is 53.7 Å². The SMILES string of the molecule is CCN(CC1CC1)c1ccc(Br)cn1. The Labute approximate surface area is 93.5 Å². The van der Waals surface area contributed by atoms with Gasteiger partial charge in [0.05, 0.1) is 0 Å². The summed E-state index contributed by atoms with van der Waals surface area (Å²) in [6, 6.07) is 4.13. The molecular formula is C11H15BrN2. The van der Waals surface area contributed by atoms with E-state index in [2.05, 4.69) is 44.9 Å². The highest BCUT2D eigenvalue weighted by Crippen LogP contribution is 2.30. The lowest BCUT2D eigenvalue weighted by molar-refractivity contribution is 0.732. The zero-order chi connectivity index (χ0) is 9.97. The second-order valence-electron chi connectivity index (χ2n) is 3.82. The van der Waals surface area contributed by atoms with E-state index in [0.717, 1.165) is 22.8 Å². The van der Waals surface area contributed by atoms with Gasteiger partial charge in [0.2, 0.25) is 0 Å². The molecule has 1 saturated carbocycles. The molecule has 1 fully saturated rings. The van der Waals surface area contributed by atoms with Crippen molar-refractivity contribution in [2.75, 3.05) is 18.0 Å². The topological polar surface area (TPSA) is 16.1 Å². The van der Waals surface area contributed by atoms with Crippen molar-refractivity contribution in [3.8, 4) is 0 Å². The average molecular weight is 255 g/mol. The molecule has 1 heterocycles. The number of nitrogens with zero attached hydrogens (tertiary/aromatic N) is 2. The third-order valence-corrected chi connectivity index (χ3v) is 3.06. The summed E-state index contributed by atoms with van der Waals surface area (Å²) < 4.78 is 1.05. The highest BCUT2D eigenvalue weighted by molar-refractivity contribution is 9.10. The van der Waals surface area contributed by atoms with Crippen LogP contribution in [0.5, 0.6) is 0 Å². The van der Waals surface area contributed by atoms with Crippen LogP contribution in [0.25, 0.3) is 0 Å².